The third kappa shape index (κ3) is 4.55. The van der Waals surface area contributed by atoms with Crippen LogP contribution in [0, 0.1) is 5.92 Å². The van der Waals surface area contributed by atoms with Gasteiger partial charge < -0.3 is 10.2 Å². The minimum atomic E-state index is -3.29. The van der Waals surface area contributed by atoms with E-state index in [1.165, 1.54) is 12.1 Å². The molecule has 1 heterocycles. The van der Waals surface area contributed by atoms with Crippen LogP contribution < -0.4 is 5.32 Å². The minimum absolute atomic E-state index is 0.176. The van der Waals surface area contributed by atoms with Gasteiger partial charge in [-0.3, -0.25) is 4.79 Å². The second kappa shape index (κ2) is 7.24. The van der Waals surface area contributed by atoms with Gasteiger partial charge in [0.25, 0.3) is 5.91 Å². The zero-order valence-corrected chi connectivity index (χ0v) is 14.0. The number of benzene rings is 1. The molecule has 1 aliphatic heterocycles. The Hall–Kier alpha value is -1.40. The number of nitrogens with one attached hydrogen (secondary N) is 1. The molecule has 0 spiro atoms. The van der Waals surface area contributed by atoms with Crippen molar-refractivity contribution in [3.8, 4) is 0 Å². The van der Waals surface area contributed by atoms with E-state index in [2.05, 4.69) is 17.1 Å². The van der Waals surface area contributed by atoms with Crippen molar-refractivity contribution in [1.29, 1.82) is 0 Å². The smallest absolute Gasteiger partial charge is 0.251 e. The third-order valence-corrected chi connectivity index (χ3v) is 5.24. The van der Waals surface area contributed by atoms with Crippen LogP contribution >= 0.6 is 0 Å². The summed E-state index contributed by atoms with van der Waals surface area (Å²) < 4.78 is 23.1. The summed E-state index contributed by atoms with van der Waals surface area (Å²) in [6.45, 7) is 5.98. The molecule has 2 rings (SSSR count). The van der Waals surface area contributed by atoms with E-state index in [-0.39, 0.29) is 10.8 Å². The summed E-state index contributed by atoms with van der Waals surface area (Å²) in [6.07, 6.45) is 3.43. The molecule has 6 heteroatoms. The van der Waals surface area contributed by atoms with E-state index in [0.717, 1.165) is 38.7 Å². The highest BCUT2D eigenvalue weighted by molar-refractivity contribution is 7.90. The van der Waals surface area contributed by atoms with Crippen LogP contribution in [-0.2, 0) is 9.84 Å². The lowest BCUT2D eigenvalue weighted by Crippen LogP contribution is -2.40. The normalized spacial score (nSPS) is 19.8. The quantitative estimate of drug-likeness (QED) is 0.892. The van der Waals surface area contributed by atoms with Crippen LogP contribution in [0.1, 0.15) is 30.1 Å². The number of carbonyl (C=O) groups is 1. The van der Waals surface area contributed by atoms with Crippen molar-refractivity contribution in [2.24, 2.45) is 5.92 Å². The number of rotatable bonds is 5. The number of piperidine rings is 1. The van der Waals surface area contributed by atoms with Crippen molar-refractivity contribution < 1.29 is 13.2 Å². The van der Waals surface area contributed by atoms with Gasteiger partial charge in [-0.15, -0.1) is 0 Å². The standard InChI is InChI=1S/C16H24N2O3S/c1-3-18-9-5-6-13(12-18)11-17-16(19)14-7-4-8-15(10-14)22(2,20)21/h4,7-8,10,13H,3,5-6,9,11-12H2,1-2H3,(H,17,19). The molecule has 122 valence electrons. The van der Waals surface area contributed by atoms with Gasteiger partial charge in [-0.2, -0.15) is 0 Å². The number of amides is 1. The zero-order chi connectivity index (χ0) is 16.2. The Kier molecular flexibility index (Phi) is 5.58. The number of carbonyl (C=O) groups excluding carboxylic acids is 1. The first-order valence-electron chi connectivity index (χ1n) is 7.71. The fourth-order valence-electron chi connectivity index (χ4n) is 2.81. The van der Waals surface area contributed by atoms with Gasteiger partial charge >= 0.3 is 0 Å². The molecule has 1 aliphatic rings. The van der Waals surface area contributed by atoms with Gasteiger partial charge in [0.15, 0.2) is 9.84 Å². The monoisotopic (exact) mass is 324 g/mol. The summed E-state index contributed by atoms with van der Waals surface area (Å²) in [5.41, 5.74) is 0.395. The van der Waals surface area contributed by atoms with E-state index >= 15 is 0 Å². The van der Waals surface area contributed by atoms with Gasteiger partial charge in [0, 0.05) is 24.9 Å². The summed E-state index contributed by atoms with van der Waals surface area (Å²) >= 11 is 0. The van der Waals surface area contributed by atoms with Crippen molar-refractivity contribution in [1.82, 2.24) is 10.2 Å². The van der Waals surface area contributed by atoms with Crippen LogP contribution in [0.5, 0.6) is 0 Å². The molecular formula is C16H24N2O3S. The van der Waals surface area contributed by atoms with Gasteiger partial charge in [-0.05, 0) is 50.0 Å². The Morgan fingerprint density at radius 2 is 2.18 bits per heavy atom. The Bertz CT molecular complexity index is 628. The molecule has 1 atom stereocenters. The van der Waals surface area contributed by atoms with E-state index in [1.807, 2.05) is 0 Å². The highest BCUT2D eigenvalue weighted by Gasteiger charge is 2.19. The van der Waals surface area contributed by atoms with Gasteiger partial charge in [-0.25, -0.2) is 8.42 Å². The molecule has 1 unspecified atom stereocenters. The van der Waals surface area contributed by atoms with E-state index in [9.17, 15) is 13.2 Å². The molecule has 22 heavy (non-hydrogen) atoms. The van der Waals surface area contributed by atoms with Gasteiger partial charge in [-0.1, -0.05) is 13.0 Å². The van der Waals surface area contributed by atoms with E-state index in [1.54, 1.807) is 12.1 Å². The molecule has 0 bridgehead atoms. The fourth-order valence-corrected chi connectivity index (χ4v) is 3.48. The predicted octanol–water partition coefficient (Wildman–Crippen LogP) is 1.55. The maximum atomic E-state index is 12.2. The minimum Gasteiger partial charge on any atom is -0.352 e. The lowest BCUT2D eigenvalue weighted by molar-refractivity contribution is 0.0933. The predicted molar refractivity (Wildman–Crippen MR) is 86.7 cm³/mol. The Balaban J connectivity index is 1.95. The summed E-state index contributed by atoms with van der Waals surface area (Å²) in [6, 6.07) is 6.18. The van der Waals surface area contributed by atoms with E-state index < -0.39 is 9.84 Å². The van der Waals surface area contributed by atoms with Gasteiger partial charge in [0.05, 0.1) is 4.90 Å². The molecule has 1 saturated heterocycles. The fraction of sp³-hybridized carbons (Fsp3) is 0.562. The number of nitrogens with zero attached hydrogens (tertiary/aromatic N) is 1. The van der Waals surface area contributed by atoms with Crippen molar-refractivity contribution >= 4 is 15.7 Å². The average Bonchev–Trinajstić information content (AvgIpc) is 2.52. The van der Waals surface area contributed by atoms with Crippen LogP contribution in [0.3, 0.4) is 0 Å². The molecule has 1 amide bonds. The van der Waals surface area contributed by atoms with E-state index in [0.29, 0.717) is 18.0 Å². The maximum absolute atomic E-state index is 12.2. The Morgan fingerprint density at radius 1 is 1.41 bits per heavy atom. The zero-order valence-electron chi connectivity index (χ0n) is 13.2. The first-order chi connectivity index (χ1) is 10.4. The summed E-state index contributed by atoms with van der Waals surface area (Å²) in [7, 11) is -3.29. The lowest BCUT2D eigenvalue weighted by atomic mass is 9.98. The third-order valence-electron chi connectivity index (χ3n) is 4.13. The van der Waals surface area contributed by atoms with E-state index in [4.69, 9.17) is 0 Å². The van der Waals surface area contributed by atoms with Crippen LogP contribution in [0.4, 0.5) is 0 Å². The van der Waals surface area contributed by atoms with Crippen molar-refractivity contribution in [3.63, 3.8) is 0 Å². The maximum Gasteiger partial charge on any atom is 0.251 e. The van der Waals surface area contributed by atoms with Crippen molar-refractivity contribution in [2.45, 2.75) is 24.7 Å². The second-order valence-corrected chi connectivity index (χ2v) is 7.93. The average molecular weight is 324 g/mol. The highest BCUT2D eigenvalue weighted by atomic mass is 32.2. The molecule has 0 aromatic heterocycles. The van der Waals surface area contributed by atoms with Crippen LogP contribution in [0.15, 0.2) is 29.2 Å². The Labute approximate surface area is 132 Å². The number of hydrogen-bond acceptors (Lipinski definition) is 4. The van der Waals surface area contributed by atoms with Crippen molar-refractivity contribution in [2.75, 3.05) is 32.4 Å². The molecular weight excluding hydrogens is 300 g/mol. The summed E-state index contributed by atoms with van der Waals surface area (Å²) in [5, 5.41) is 2.93. The Morgan fingerprint density at radius 3 is 2.86 bits per heavy atom. The number of hydrogen-bond donors (Lipinski definition) is 1. The molecule has 0 saturated carbocycles. The van der Waals surface area contributed by atoms with Crippen molar-refractivity contribution in [3.05, 3.63) is 29.8 Å². The lowest BCUT2D eigenvalue weighted by Gasteiger charge is -2.31. The summed E-state index contributed by atoms with van der Waals surface area (Å²) in [5.74, 6) is 0.259. The summed E-state index contributed by atoms with van der Waals surface area (Å²) in [4.78, 5) is 14.8. The molecule has 0 aliphatic carbocycles. The first-order valence-corrected chi connectivity index (χ1v) is 9.60. The molecule has 1 N–H and O–H groups in total. The second-order valence-electron chi connectivity index (χ2n) is 5.91. The highest BCUT2D eigenvalue weighted by Crippen LogP contribution is 2.16. The largest absolute Gasteiger partial charge is 0.352 e. The molecule has 0 radical (unpaired) electrons. The molecule has 1 fully saturated rings. The first kappa shape index (κ1) is 17.0. The van der Waals surface area contributed by atoms with Gasteiger partial charge in [0.2, 0.25) is 0 Å². The van der Waals surface area contributed by atoms with Gasteiger partial charge in [0.1, 0.15) is 0 Å². The number of sulfone groups is 1. The molecule has 1 aromatic carbocycles. The molecule has 1 aromatic rings. The van der Waals surface area contributed by atoms with Crippen LogP contribution in [-0.4, -0.2) is 51.7 Å². The molecule has 5 nitrogen and oxygen atoms in total. The number of likely N-dealkylation sites (tertiary alicyclic amines) is 1. The topological polar surface area (TPSA) is 66.5 Å². The van der Waals surface area contributed by atoms with Crippen LogP contribution in [0.2, 0.25) is 0 Å². The van der Waals surface area contributed by atoms with Crippen LogP contribution in [0.25, 0.3) is 0 Å². The SMILES string of the molecule is CCN1CCCC(CNC(=O)c2cccc(S(C)(=O)=O)c2)C1.